The molecule has 10 heteroatoms. The molecule has 2 saturated heterocycles. The van der Waals surface area contributed by atoms with Crippen LogP contribution in [0, 0.1) is 5.92 Å². The molecule has 0 radical (unpaired) electrons. The normalized spacial score (nSPS) is 25.3. The Morgan fingerprint density at radius 1 is 1.26 bits per heavy atom. The smallest absolute Gasteiger partial charge is 0.242 e. The second-order valence-electron chi connectivity index (χ2n) is 7.73. The number of nitrogens with two attached hydrogens (primary N) is 2. The standard InChI is InChI=1S/C17H31N5O4S/c1-9(2)12(18)16(26)22-6-4-17(5-7-22)21-11(8-27-17)15(25)20-13(10(3)23)14(19)24/h9-13,21,23H,4-8,18H2,1-3H3,(H2,19,24)(H,20,25)/t10-,11?,12+,13+/m1/s1. The summed E-state index contributed by atoms with van der Waals surface area (Å²) < 4.78 is 0. The van der Waals surface area contributed by atoms with Crippen molar-refractivity contribution in [1.29, 1.82) is 0 Å². The van der Waals surface area contributed by atoms with Gasteiger partial charge in [-0.3, -0.25) is 19.7 Å². The van der Waals surface area contributed by atoms with Crippen LogP contribution in [0.5, 0.6) is 0 Å². The number of likely N-dealkylation sites (tertiary alicyclic amines) is 1. The number of carbonyl (C=O) groups excluding carboxylic acids is 3. The average molecular weight is 402 g/mol. The van der Waals surface area contributed by atoms with Gasteiger partial charge in [-0.15, -0.1) is 11.8 Å². The second kappa shape index (κ2) is 8.76. The maximum absolute atomic E-state index is 12.4. The fourth-order valence-electron chi connectivity index (χ4n) is 3.34. The number of aliphatic hydroxyl groups is 1. The van der Waals surface area contributed by atoms with Crippen molar-refractivity contribution < 1.29 is 19.5 Å². The lowest BCUT2D eigenvalue weighted by Crippen LogP contribution is -2.59. The predicted octanol–water partition coefficient (Wildman–Crippen LogP) is -1.66. The van der Waals surface area contributed by atoms with Crippen LogP contribution < -0.4 is 22.1 Å². The third-order valence-corrected chi connectivity index (χ3v) is 6.83. The summed E-state index contributed by atoms with van der Waals surface area (Å²) in [5, 5.41) is 15.5. The Morgan fingerprint density at radius 2 is 1.85 bits per heavy atom. The summed E-state index contributed by atoms with van der Waals surface area (Å²) in [4.78, 5) is 37.7. The van der Waals surface area contributed by atoms with Crippen LogP contribution in [0.2, 0.25) is 0 Å². The molecule has 9 nitrogen and oxygen atoms in total. The molecule has 2 fully saturated rings. The zero-order valence-corrected chi connectivity index (χ0v) is 16.9. The lowest BCUT2D eigenvalue weighted by molar-refractivity contribution is -0.135. The Kier molecular flexibility index (Phi) is 7.12. The van der Waals surface area contributed by atoms with Gasteiger partial charge in [-0.05, 0) is 25.7 Å². The average Bonchev–Trinajstić information content (AvgIpc) is 3.02. The number of carbonyl (C=O) groups is 3. The third-order valence-electron chi connectivity index (χ3n) is 5.25. The fourth-order valence-corrected chi connectivity index (χ4v) is 4.76. The Morgan fingerprint density at radius 3 is 2.33 bits per heavy atom. The van der Waals surface area contributed by atoms with Crippen molar-refractivity contribution in [2.24, 2.45) is 17.4 Å². The molecule has 0 aromatic rings. The van der Waals surface area contributed by atoms with Gasteiger partial charge in [0.1, 0.15) is 6.04 Å². The van der Waals surface area contributed by atoms with Crippen molar-refractivity contribution in [3.63, 3.8) is 0 Å². The van der Waals surface area contributed by atoms with Gasteiger partial charge >= 0.3 is 0 Å². The van der Waals surface area contributed by atoms with Gasteiger partial charge < -0.3 is 26.8 Å². The number of thioether (sulfide) groups is 1. The molecule has 154 valence electrons. The first-order chi connectivity index (χ1) is 12.6. The number of amides is 3. The van der Waals surface area contributed by atoms with Crippen LogP contribution in [-0.4, -0.2) is 75.7 Å². The summed E-state index contributed by atoms with van der Waals surface area (Å²) in [6.45, 7) is 6.44. The van der Waals surface area contributed by atoms with Crippen LogP contribution in [0.1, 0.15) is 33.6 Å². The molecule has 0 aromatic heterocycles. The van der Waals surface area contributed by atoms with Gasteiger partial charge in [0.15, 0.2) is 0 Å². The van der Waals surface area contributed by atoms with Crippen LogP contribution in [0.25, 0.3) is 0 Å². The zero-order chi connectivity index (χ0) is 20.4. The molecule has 3 amide bonds. The minimum absolute atomic E-state index is 0.0293. The molecule has 2 aliphatic rings. The largest absolute Gasteiger partial charge is 0.391 e. The van der Waals surface area contributed by atoms with E-state index in [2.05, 4.69) is 10.6 Å². The first-order valence-corrected chi connectivity index (χ1v) is 10.3. The summed E-state index contributed by atoms with van der Waals surface area (Å²) in [7, 11) is 0. The van der Waals surface area contributed by atoms with E-state index in [-0.39, 0.29) is 22.6 Å². The van der Waals surface area contributed by atoms with Gasteiger partial charge in [-0.1, -0.05) is 13.8 Å². The number of piperidine rings is 1. The molecule has 0 saturated carbocycles. The zero-order valence-electron chi connectivity index (χ0n) is 16.1. The van der Waals surface area contributed by atoms with E-state index in [1.54, 1.807) is 16.7 Å². The van der Waals surface area contributed by atoms with Gasteiger partial charge in [0.25, 0.3) is 0 Å². The Hall–Kier alpha value is -1.36. The van der Waals surface area contributed by atoms with E-state index >= 15 is 0 Å². The lowest BCUT2D eigenvalue weighted by atomic mass is 9.99. The molecule has 4 atom stereocenters. The minimum atomic E-state index is -1.11. The van der Waals surface area contributed by atoms with Gasteiger partial charge in [0.05, 0.1) is 23.1 Å². The monoisotopic (exact) mass is 401 g/mol. The number of rotatable bonds is 6. The lowest BCUT2D eigenvalue weighted by Gasteiger charge is -2.40. The quantitative estimate of drug-likeness (QED) is 0.357. The number of hydrogen-bond donors (Lipinski definition) is 5. The fraction of sp³-hybridized carbons (Fsp3) is 0.824. The molecule has 2 aliphatic heterocycles. The molecular formula is C17H31N5O4S. The van der Waals surface area contributed by atoms with Gasteiger partial charge in [-0.25, -0.2) is 0 Å². The highest BCUT2D eigenvalue weighted by atomic mass is 32.2. The van der Waals surface area contributed by atoms with Crippen molar-refractivity contribution in [2.45, 2.75) is 62.7 Å². The van der Waals surface area contributed by atoms with E-state index in [0.29, 0.717) is 31.7 Å². The molecule has 1 spiro atoms. The highest BCUT2D eigenvalue weighted by molar-refractivity contribution is 8.01. The first kappa shape index (κ1) is 21.9. The van der Waals surface area contributed by atoms with Gasteiger partial charge in [-0.2, -0.15) is 0 Å². The molecule has 2 rings (SSSR count). The number of nitrogens with one attached hydrogen (secondary N) is 2. The Labute approximate surface area is 164 Å². The summed E-state index contributed by atoms with van der Waals surface area (Å²) in [6, 6.07) is -2.08. The van der Waals surface area contributed by atoms with E-state index in [4.69, 9.17) is 11.5 Å². The first-order valence-electron chi connectivity index (χ1n) is 9.30. The van der Waals surface area contributed by atoms with Crippen molar-refractivity contribution in [1.82, 2.24) is 15.5 Å². The van der Waals surface area contributed by atoms with Crippen LogP contribution in [0.3, 0.4) is 0 Å². The highest BCUT2D eigenvalue weighted by Crippen LogP contribution is 2.39. The number of primary amides is 1. The van der Waals surface area contributed by atoms with E-state index in [1.165, 1.54) is 6.92 Å². The number of nitrogens with zero attached hydrogens (tertiary/aromatic N) is 1. The van der Waals surface area contributed by atoms with Crippen molar-refractivity contribution in [3.8, 4) is 0 Å². The highest BCUT2D eigenvalue weighted by Gasteiger charge is 2.45. The SMILES string of the molecule is CC(C)[C@H](N)C(=O)N1CCC2(CC1)NC(C(=O)N[C@H](C(N)=O)[C@@H](C)O)CS2. The summed E-state index contributed by atoms with van der Waals surface area (Å²) in [6.07, 6.45) is 0.371. The molecule has 1 unspecified atom stereocenters. The molecular weight excluding hydrogens is 370 g/mol. The van der Waals surface area contributed by atoms with Gasteiger partial charge in [0.2, 0.25) is 17.7 Å². The maximum Gasteiger partial charge on any atom is 0.242 e. The summed E-state index contributed by atoms with van der Waals surface area (Å²) in [5.74, 6) is -0.515. The summed E-state index contributed by atoms with van der Waals surface area (Å²) in [5.41, 5.74) is 11.2. The predicted molar refractivity (Wildman–Crippen MR) is 104 cm³/mol. The van der Waals surface area contributed by atoms with Crippen molar-refractivity contribution in [3.05, 3.63) is 0 Å². The maximum atomic E-state index is 12.4. The third kappa shape index (κ3) is 5.13. The second-order valence-corrected chi connectivity index (χ2v) is 9.13. The number of aliphatic hydroxyl groups excluding tert-OH is 1. The van der Waals surface area contributed by atoms with E-state index in [0.717, 1.165) is 0 Å². The molecule has 7 N–H and O–H groups in total. The van der Waals surface area contributed by atoms with E-state index < -0.39 is 30.1 Å². The molecule has 27 heavy (non-hydrogen) atoms. The van der Waals surface area contributed by atoms with Crippen LogP contribution in [-0.2, 0) is 14.4 Å². The van der Waals surface area contributed by atoms with E-state index in [1.807, 2.05) is 13.8 Å². The number of hydrogen-bond acceptors (Lipinski definition) is 7. The topological polar surface area (TPSA) is 151 Å². The summed E-state index contributed by atoms with van der Waals surface area (Å²) >= 11 is 1.65. The van der Waals surface area contributed by atoms with Crippen molar-refractivity contribution >= 4 is 29.5 Å². The Bertz CT molecular complexity index is 578. The molecule has 0 aromatic carbocycles. The van der Waals surface area contributed by atoms with Crippen molar-refractivity contribution in [2.75, 3.05) is 18.8 Å². The van der Waals surface area contributed by atoms with Crippen LogP contribution in [0.4, 0.5) is 0 Å². The molecule has 2 heterocycles. The van der Waals surface area contributed by atoms with Crippen LogP contribution >= 0.6 is 11.8 Å². The van der Waals surface area contributed by atoms with Crippen LogP contribution in [0.15, 0.2) is 0 Å². The minimum Gasteiger partial charge on any atom is -0.391 e. The van der Waals surface area contributed by atoms with Gasteiger partial charge in [0, 0.05) is 18.8 Å². The Balaban J connectivity index is 1.90. The molecule has 0 aliphatic carbocycles. The van der Waals surface area contributed by atoms with E-state index in [9.17, 15) is 19.5 Å². The molecule has 0 bridgehead atoms.